The van der Waals surface area contributed by atoms with Crippen LogP contribution in [0.25, 0.3) is 16.5 Å². The van der Waals surface area contributed by atoms with Crippen molar-refractivity contribution in [3.8, 4) is 11.4 Å². The zero-order chi connectivity index (χ0) is 21.6. The van der Waals surface area contributed by atoms with Gasteiger partial charge in [-0.3, -0.25) is 9.59 Å². The molecule has 0 saturated carbocycles. The number of nitrogens with zero attached hydrogens (tertiary/aromatic N) is 2. The van der Waals surface area contributed by atoms with Crippen LogP contribution < -0.4 is 20.5 Å². The molecule has 0 spiro atoms. The number of fused-ring (bicyclic) bond motifs is 1. The number of rotatable bonds is 7. The van der Waals surface area contributed by atoms with Crippen LogP contribution in [-0.4, -0.2) is 62.2 Å². The molecule has 1 fully saturated rings. The average Bonchev–Trinajstić information content (AvgIpc) is 2.83. The van der Waals surface area contributed by atoms with Gasteiger partial charge < -0.3 is 19.7 Å². The first kappa shape index (κ1) is 21.0. The number of nitrogens with one attached hydrogen (secondary N) is 2. The highest BCUT2D eigenvalue weighted by Gasteiger charge is 2.18. The van der Waals surface area contributed by atoms with Crippen LogP contribution in [0.1, 0.15) is 16.9 Å². The third kappa shape index (κ3) is 4.76. The summed E-state index contributed by atoms with van der Waals surface area (Å²) in [5.74, 6) is 0.397. The number of carbonyl (C=O) groups is 1. The molecule has 4 rings (SSSR count). The average molecular weight is 423 g/mol. The van der Waals surface area contributed by atoms with Gasteiger partial charge in [-0.25, -0.2) is 0 Å². The number of amides is 1. The number of ether oxygens (including phenoxy) is 2. The fourth-order valence-electron chi connectivity index (χ4n) is 3.79. The number of aromatic nitrogens is 2. The molecule has 1 saturated heterocycles. The lowest BCUT2D eigenvalue weighted by molar-refractivity contribution is -0.908. The van der Waals surface area contributed by atoms with Gasteiger partial charge in [0.25, 0.3) is 11.5 Å². The van der Waals surface area contributed by atoms with E-state index in [4.69, 9.17) is 9.47 Å². The largest absolute Gasteiger partial charge is 0.497 e. The van der Waals surface area contributed by atoms with Crippen molar-refractivity contribution in [2.75, 3.05) is 46.5 Å². The zero-order valence-corrected chi connectivity index (χ0v) is 17.6. The van der Waals surface area contributed by atoms with Crippen molar-refractivity contribution >= 4 is 16.7 Å². The smallest absolute Gasteiger partial charge is 0.279 e. The molecule has 1 aliphatic rings. The molecule has 0 bridgehead atoms. The van der Waals surface area contributed by atoms with E-state index in [0.29, 0.717) is 28.8 Å². The Morgan fingerprint density at radius 3 is 2.55 bits per heavy atom. The Morgan fingerprint density at radius 2 is 1.84 bits per heavy atom. The predicted molar refractivity (Wildman–Crippen MR) is 117 cm³/mol. The molecule has 0 atom stereocenters. The first-order valence-corrected chi connectivity index (χ1v) is 10.5. The van der Waals surface area contributed by atoms with Gasteiger partial charge in [0.1, 0.15) is 18.8 Å². The molecule has 0 aliphatic carbocycles. The van der Waals surface area contributed by atoms with Gasteiger partial charge in [0.15, 0.2) is 5.69 Å². The summed E-state index contributed by atoms with van der Waals surface area (Å²) in [7, 11) is 1.58. The Morgan fingerprint density at radius 1 is 1.13 bits per heavy atom. The number of carbonyl (C=O) groups excluding carboxylic acids is 1. The van der Waals surface area contributed by atoms with E-state index in [2.05, 4.69) is 10.4 Å². The van der Waals surface area contributed by atoms with Gasteiger partial charge in [-0.05, 0) is 30.3 Å². The van der Waals surface area contributed by atoms with Crippen molar-refractivity contribution in [2.24, 2.45) is 0 Å². The van der Waals surface area contributed by atoms with Crippen LogP contribution in [-0.2, 0) is 4.74 Å². The Bertz CT molecular complexity index is 1100. The van der Waals surface area contributed by atoms with Crippen LogP contribution in [0.5, 0.6) is 5.75 Å². The van der Waals surface area contributed by atoms with E-state index >= 15 is 0 Å². The van der Waals surface area contributed by atoms with E-state index in [0.717, 1.165) is 39.3 Å². The van der Waals surface area contributed by atoms with Crippen molar-refractivity contribution in [3.05, 3.63) is 64.6 Å². The van der Waals surface area contributed by atoms with Crippen molar-refractivity contribution in [1.82, 2.24) is 15.1 Å². The number of morpholine rings is 1. The molecule has 1 aliphatic heterocycles. The lowest BCUT2D eigenvalue weighted by Gasteiger charge is -2.23. The molecule has 2 heterocycles. The number of hydrogen-bond donors (Lipinski definition) is 2. The molecule has 0 unspecified atom stereocenters. The third-order valence-corrected chi connectivity index (χ3v) is 5.53. The maximum absolute atomic E-state index is 13.0. The number of benzene rings is 2. The molecule has 162 valence electrons. The van der Waals surface area contributed by atoms with E-state index in [1.165, 1.54) is 9.58 Å². The minimum absolute atomic E-state index is 0.240. The van der Waals surface area contributed by atoms with Gasteiger partial charge in [-0.2, -0.15) is 9.78 Å². The third-order valence-electron chi connectivity index (χ3n) is 5.53. The molecule has 3 aromatic rings. The Hall–Kier alpha value is -3.23. The van der Waals surface area contributed by atoms with E-state index in [9.17, 15) is 9.59 Å². The standard InChI is InChI=1S/C23H26N4O4/c1-30-18-9-7-17(8-10-18)27-23(29)20-6-3-2-5-19(20)21(25-27)22(28)24-11-4-12-26-13-15-31-16-14-26/h2-3,5-10H,4,11-16H2,1H3,(H,24,28)/p+1. The molecular formula is C23H27N4O4+. The second-order valence-corrected chi connectivity index (χ2v) is 7.53. The summed E-state index contributed by atoms with van der Waals surface area (Å²) >= 11 is 0. The van der Waals surface area contributed by atoms with Crippen molar-refractivity contribution in [3.63, 3.8) is 0 Å². The van der Waals surface area contributed by atoms with Crippen LogP contribution in [0.2, 0.25) is 0 Å². The first-order valence-electron chi connectivity index (χ1n) is 10.5. The summed E-state index contributed by atoms with van der Waals surface area (Å²) in [5.41, 5.74) is 0.541. The normalized spacial score (nSPS) is 14.5. The van der Waals surface area contributed by atoms with Gasteiger partial charge in [-0.1, -0.05) is 18.2 Å². The van der Waals surface area contributed by atoms with Crippen molar-refractivity contribution < 1.29 is 19.2 Å². The quantitative estimate of drug-likeness (QED) is 0.539. The molecular weight excluding hydrogens is 396 g/mol. The van der Waals surface area contributed by atoms with Gasteiger partial charge in [0, 0.05) is 18.4 Å². The fourth-order valence-corrected chi connectivity index (χ4v) is 3.79. The monoisotopic (exact) mass is 423 g/mol. The molecule has 31 heavy (non-hydrogen) atoms. The lowest BCUT2D eigenvalue weighted by Crippen LogP contribution is -3.14. The van der Waals surface area contributed by atoms with Gasteiger partial charge in [0.05, 0.1) is 37.9 Å². The van der Waals surface area contributed by atoms with E-state index in [1.54, 1.807) is 55.6 Å². The SMILES string of the molecule is COc1ccc(-n2nc(C(=O)NCCC[NH+]3CCOCC3)c3ccccc3c2=O)cc1. The second-order valence-electron chi connectivity index (χ2n) is 7.53. The van der Waals surface area contributed by atoms with Crippen LogP contribution in [0.15, 0.2) is 53.3 Å². The summed E-state index contributed by atoms with van der Waals surface area (Å²) in [6.45, 7) is 5.15. The fraction of sp³-hybridized carbons (Fsp3) is 0.348. The van der Waals surface area contributed by atoms with Gasteiger partial charge in [0.2, 0.25) is 0 Å². The van der Waals surface area contributed by atoms with E-state index < -0.39 is 0 Å². The van der Waals surface area contributed by atoms with Crippen LogP contribution >= 0.6 is 0 Å². The number of methoxy groups -OCH3 is 1. The molecule has 2 aromatic carbocycles. The highest BCUT2D eigenvalue weighted by Crippen LogP contribution is 2.17. The molecule has 1 amide bonds. The number of quaternary nitrogens is 1. The summed E-state index contributed by atoms with van der Waals surface area (Å²) in [5, 5.41) is 8.39. The molecule has 8 heteroatoms. The number of hydrogen-bond acceptors (Lipinski definition) is 5. The predicted octanol–water partition coefficient (Wildman–Crippen LogP) is 0.429. The molecule has 2 N–H and O–H groups in total. The van der Waals surface area contributed by atoms with Crippen LogP contribution in [0.3, 0.4) is 0 Å². The minimum Gasteiger partial charge on any atom is -0.497 e. The summed E-state index contributed by atoms with van der Waals surface area (Å²) < 4.78 is 11.8. The lowest BCUT2D eigenvalue weighted by atomic mass is 10.1. The van der Waals surface area contributed by atoms with Gasteiger partial charge in [-0.15, -0.1) is 0 Å². The molecule has 0 radical (unpaired) electrons. The summed E-state index contributed by atoms with van der Waals surface area (Å²) in [6, 6.07) is 14.1. The highest BCUT2D eigenvalue weighted by atomic mass is 16.5. The maximum atomic E-state index is 13.0. The van der Waals surface area contributed by atoms with Crippen molar-refractivity contribution in [1.29, 1.82) is 0 Å². The molecule has 8 nitrogen and oxygen atoms in total. The Labute approximate surface area is 180 Å². The Balaban J connectivity index is 1.56. The van der Waals surface area contributed by atoms with Crippen LogP contribution in [0.4, 0.5) is 0 Å². The topological polar surface area (TPSA) is 86.9 Å². The summed E-state index contributed by atoms with van der Waals surface area (Å²) in [6.07, 6.45) is 0.872. The highest BCUT2D eigenvalue weighted by molar-refractivity contribution is 6.04. The summed E-state index contributed by atoms with van der Waals surface area (Å²) in [4.78, 5) is 27.5. The second kappa shape index (κ2) is 9.72. The van der Waals surface area contributed by atoms with E-state index in [-0.39, 0.29) is 17.2 Å². The first-order chi connectivity index (χ1) is 15.2. The zero-order valence-electron chi connectivity index (χ0n) is 17.6. The van der Waals surface area contributed by atoms with E-state index in [1.807, 2.05) is 0 Å². The minimum atomic E-state index is -0.282. The maximum Gasteiger partial charge on any atom is 0.279 e. The Kier molecular flexibility index (Phi) is 6.59. The van der Waals surface area contributed by atoms with Gasteiger partial charge >= 0.3 is 0 Å². The van der Waals surface area contributed by atoms with Crippen LogP contribution in [0, 0.1) is 0 Å². The molecule has 1 aromatic heterocycles. The van der Waals surface area contributed by atoms with Crippen molar-refractivity contribution in [2.45, 2.75) is 6.42 Å².